The summed E-state index contributed by atoms with van der Waals surface area (Å²) in [5.41, 5.74) is 0. The molecule has 0 aromatic carbocycles. The number of rotatable bonds is 61. The van der Waals surface area contributed by atoms with Crippen LogP contribution in [0.2, 0.25) is 0 Å². The predicted octanol–water partition coefficient (Wildman–Crippen LogP) is 23.7. The summed E-state index contributed by atoms with van der Waals surface area (Å²) in [5.74, 6) is -0.946. The van der Waals surface area contributed by atoms with Crippen LogP contribution in [0.1, 0.15) is 310 Å². The summed E-state index contributed by atoms with van der Waals surface area (Å²) in [6.07, 6.45) is 97.6. The highest BCUT2D eigenvalue weighted by Crippen LogP contribution is 2.17. The monoisotopic (exact) mass is 1130 g/mol. The van der Waals surface area contributed by atoms with Gasteiger partial charge in [-0.1, -0.05) is 309 Å². The summed E-state index contributed by atoms with van der Waals surface area (Å²) in [5, 5.41) is 0. The fourth-order valence-corrected chi connectivity index (χ4v) is 9.36. The Morgan fingerprint density at radius 2 is 0.476 bits per heavy atom. The molecule has 0 radical (unpaired) electrons. The lowest BCUT2D eigenvalue weighted by molar-refractivity contribution is -0.167. The largest absolute Gasteiger partial charge is 0.462 e. The molecule has 0 fully saturated rings. The molecule has 0 amide bonds. The number of hydrogen-bond donors (Lipinski definition) is 0. The van der Waals surface area contributed by atoms with Crippen LogP contribution in [0.5, 0.6) is 0 Å². The van der Waals surface area contributed by atoms with E-state index in [4.69, 9.17) is 14.2 Å². The van der Waals surface area contributed by atoms with E-state index in [0.717, 1.165) is 148 Å². The maximum Gasteiger partial charge on any atom is 0.306 e. The lowest BCUT2D eigenvalue weighted by Gasteiger charge is -2.18. The molecule has 1 atom stereocenters. The molecule has 0 bridgehead atoms. The molecule has 466 valence electrons. The highest BCUT2D eigenvalue weighted by Gasteiger charge is 2.19. The van der Waals surface area contributed by atoms with Gasteiger partial charge in [-0.05, 0) is 116 Å². The SMILES string of the molecule is CC/C=C\C/C=C\C/C=C\C/C=C\C/C=C\C/C=C\C/C=C\C/C=C\CCCCCCC(=O)OCC(COC(=O)CCCCC/C=C\C/C=C\C/C=C\CC)OC(=O)CCCCCCCCCCCCCCCCCCCCCCCC. The fourth-order valence-electron chi connectivity index (χ4n) is 9.36. The molecule has 6 heteroatoms. The Morgan fingerprint density at radius 3 is 0.756 bits per heavy atom. The Kier molecular flexibility index (Phi) is 65.3. The molecule has 0 aliphatic carbocycles. The summed E-state index contributed by atoms with van der Waals surface area (Å²) < 4.78 is 16.9. The topological polar surface area (TPSA) is 78.9 Å². The van der Waals surface area contributed by atoms with E-state index in [-0.39, 0.29) is 31.1 Å². The van der Waals surface area contributed by atoms with Crippen molar-refractivity contribution in [2.75, 3.05) is 13.2 Å². The molecule has 0 aromatic heterocycles. The molecule has 1 unspecified atom stereocenters. The van der Waals surface area contributed by atoms with Crippen LogP contribution in [-0.4, -0.2) is 37.2 Å². The third-order valence-electron chi connectivity index (χ3n) is 14.4. The Hall–Kier alpha value is -4.45. The van der Waals surface area contributed by atoms with Gasteiger partial charge in [0.05, 0.1) is 0 Å². The zero-order valence-corrected chi connectivity index (χ0v) is 53.5. The van der Waals surface area contributed by atoms with Gasteiger partial charge in [0.2, 0.25) is 0 Å². The summed E-state index contributed by atoms with van der Waals surface area (Å²) in [6.45, 7) is 6.39. The van der Waals surface area contributed by atoms with Gasteiger partial charge in [0.25, 0.3) is 0 Å². The average Bonchev–Trinajstić information content (AvgIpc) is 3.47. The van der Waals surface area contributed by atoms with Gasteiger partial charge in [0.15, 0.2) is 6.10 Å². The second-order valence-corrected chi connectivity index (χ2v) is 22.3. The number of unbranched alkanes of at least 4 members (excludes halogenated alkanes) is 28. The van der Waals surface area contributed by atoms with Crippen LogP contribution in [0.3, 0.4) is 0 Å². The maximum absolute atomic E-state index is 12.9. The van der Waals surface area contributed by atoms with Crippen LogP contribution in [-0.2, 0) is 28.6 Å². The minimum atomic E-state index is -0.805. The Bertz CT molecular complexity index is 1730. The zero-order valence-electron chi connectivity index (χ0n) is 53.5. The first-order valence-electron chi connectivity index (χ1n) is 34.2. The van der Waals surface area contributed by atoms with E-state index < -0.39 is 6.10 Å². The number of esters is 3. The molecule has 0 N–H and O–H groups in total. The summed E-state index contributed by atoms with van der Waals surface area (Å²) in [7, 11) is 0. The van der Waals surface area contributed by atoms with Crippen LogP contribution in [0.25, 0.3) is 0 Å². The zero-order chi connectivity index (χ0) is 59.2. The van der Waals surface area contributed by atoms with Gasteiger partial charge in [0.1, 0.15) is 13.2 Å². The van der Waals surface area contributed by atoms with E-state index in [1.807, 2.05) is 0 Å². The Labute approximate surface area is 506 Å². The quantitative estimate of drug-likeness (QED) is 0.0261. The summed E-state index contributed by atoms with van der Waals surface area (Å²) >= 11 is 0. The maximum atomic E-state index is 12.9. The first-order chi connectivity index (χ1) is 40.5. The molecule has 0 saturated heterocycles. The summed E-state index contributed by atoms with van der Waals surface area (Å²) in [4.78, 5) is 38.4. The van der Waals surface area contributed by atoms with E-state index in [1.54, 1.807) is 0 Å². The first-order valence-corrected chi connectivity index (χ1v) is 34.2. The molecular formula is C76H126O6. The smallest absolute Gasteiger partial charge is 0.306 e. The highest BCUT2D eigenvalue weighted by molar-refractivity contribution is 5.71. The van der Waals surface area contributed by atoms with Gasteiger partial charge in [-0.25, -0.2) is 0 Å². The van der Waals surface area contributed by atoms with Crippen LogP contribution in [0.4, 0.5) is 0 Å². The lowest BCUT2D eigenvalue weighted by atomic mass is 10.0. The molecule has 6 nitrogen and oxygen atoms in total. The molecule has 0 aromatic rings. The van der Waals surface area contributed by atoms with Crippen molar-refractivity contribution in [1.82, 2.24) is 0 Å². The van der Waals surface area contributed by atoms with E-state index in [9.17, 15) is 14.4 Å². The van der Waals surface area contributed by atoms with Gasteiger partial charge < -0.3 is 14.2 Å². The van der Waals surface area contributed by atoms with E-state index in [0.29, 0.717) is 19.3 Å². The molecule has 82 heavy (non-hydrogen) atoms. The van der Waals surface area contributed by atoms with Crippen LogP contribution >= 0.6 is 0 Å². The van der Waals surface area contributed by atoms with E-state index in [1.165, 1.54) is 122 Å². The molecule has 0 saturated carbocycles. The van der Waals surface area contributed by atoms with Gasteiger partial charge >= 0.3 is 17.9 Å². The summed E-state index contributed by atoms with van der Waals surface area (Å²) in [6, 6.07) is 0. The van der Waals surface area contributed by atoms with Crippen molar-refractivity contribution in [3.63, 3.8) is 0 Å². The van der Waals surface area contributed by atoms with E-state index in [2.05, 4.69) is 154 Å². The van der Waals surface area contributed by atoms with Crippen LogP contribution in [0.15, 0.2) is 134 Å². The fraction of sp³-hybridized carbons (Fsp3) is 0.671. The first kappa shape index (κ1) is 77.5. The number of allylic oxidation sites excluding steroid dienone is 22. The van der Waals surface area contributed by atoms with Crippen molar-refractivity contribution in [3.8, 4) is 0 Å². The highest BCUT2D eigenvalue weighted by atomic mass is 16.6. The van der Waals surface area contributed by atoms with Crippen LogP contribution < -0.4 is 0 Å². The van der Waals surface area contributed by atoms with Gasteiger partial charge in [-0.2, -0.15) is 0 Å². The van der Waals surface area contributed by atoms with Crippen LogP contribution in [0, 0.1) is 0 Å². The van der Waals surface area contributed by atoms with Crippen molar-refractivity contribution >= 4 is 17.9 Å². The van der Waals surface area contributed by atoms with Crippen molar-refractivity contribution < 1.29 is 28.6 Å². The second kappa shape index (κ2) is 69.0. The minimum absolute atomic E-state index is 0.102. The Morgan fingerprint density at radius 1 is 0.256 bits per heavy atom. The van der Waals surface area contributed by atoms with Gasteiger partial charge in [0, 0.05) is 19.3 Å². The molecule has 0 aliphatic heterocycles. The standard InChI is InChI=1S/C76H126O6/c1-4-7-10-13-16-19-22-25-27-29-31-33-35-36-37-38-39-40-41-43-44-46-48-51-54-57-60-63-66-69-75(78)81-72-73(71-80-74(77)68-65-62-59-56-53-50-24-21-18-15-12-9-6-3)82-76(79)70-67-64-61-58-55-52-49-47-45-42-34-32-30-28-26-23-20-17-14-11-8-5-2/h7,9-10,12,16,18-19,21,25,27,31,33,36-37,39-40,43-44,48,50-51,53,73H,4-6,8,11,13-15,17,20,22-24,26,28-30,32,34-35,38,41-42,45-47,49,52,54-72H2,1-3H3/b10-7-,12-9-,19-16-,21-18-,27-25-,33-31-,37-36-,40-39-,44-43-,51-48-,53-50-. The molecule has 0 spiro atoms. The molecule has 0 heterocycles. The van der Waals surface area contributed by atoms with Crippen molar-refractivity contribution in [2.24, 2.45) is 0 Å². The number of carbonyl (C=O) groups is 3. The average molecular weight is 1140 g/mol. The molecule has 0 rings (SSSR count). The number of carbonyl (C=O) groups excluding carboxylic acids is 3. The normalized spacial score (nSPS) is 13.0. The third-order valence-corrected chi connectivity index (χ3v) is 14.4. The van der Waals surface area contributed by atoms with Crippen molar-refractivity contribution in [1.29, 1.82) is 0 Å². The minimum Gasteiger partial charge on any atom is -0.462 e. The third kappa shape index (κ3) is 66.4. The predicted molar refractivity (Wildman–Crippen MR) is 357 cm³/mol. The second-order valence-electron chi connectivity index (χ2n) is 22.3. The van der Waals surface area contributed by atoms with Crippen molar-refractivity contribution in [3.05, 3.63) is 134 Å². The molecule has 0 aliphatic rings. The number of hydrogen-bond acceptors (Lipinski definition) is 6. The van der Waals surface area contributed by atoms with E-state index >= 15 is 0 Å². The molecular weight excluding hydrogens is 1010 g/mol. The lowest BCUT2D eigenvalue weighted by Crippen LogP contribution is -2.30. The van der Waals surface area contributed by atoms with Crippen molar-refractivity contribution in [2.45, 2.75) is 316 Å². The van der Waals surface area contributed by atoms with Gasteiger partial charge in [-0.15, -0.1) is 0 Å². The van der Waals surface area contributed by atoms with Gasteiger partial charge in [-0.3, -0.25) is 14.4 Å². The number of ether oxygens (including phenoxy) is 3. The Balaban J connectivity index is 4.38.